The van der Waals surface area contributed by atoms with Gasteiger partial charge in [0.05, 0.1) is 24.3 Å². The number of anilines is 1. The van der Waals surface area contributed by atoms with Crippen LogP contribution in [0.15, 0.2) is 48.5 Å². The fourth-order valence-electron chi connectivity index (χ4n) is 2.03. The molecule has 5 heteroatoms. The van der Waals surface area contributed by atoms with E-state index in [2.05, 4.69) is 16.1 Å². The predicted molar refractivity (Wildman–Crippen MR) is 85.9 cm³/mol. The second-order valence-corrected chi connectivity index (χ2v) is 4.93. The molecule has 0 fully saturated rings. The molecule has 0 aliphatic carbocycles. The number of hydrogen-bond acceptors (Lipinski definition) is 4. The van der Waals surface area contributed by atoms with Crippen molar-refractivity contribution in [2.75, 3.05) is 12.4 Å². The summed E-state index contributed by atoms with van der Waals surface area (Å²) in [6.07, 6.45) is 0.933. The maximum Gasteiger partial charge on any atom is 0.337 e. The Morgan fingerprint density at radius 1 is 1.09 bits per heavy atom. The smallest absolute Gasteiger partial charge is 0.337 e. The van der Waals surface area contributed by atoms with Crippen molar-refractivity contribution >= 4 is 17.6 Å². The second kappa shape index (κ2) is 7.76. The Labute approximate surface area is 134 Å². The van der Waals surface area contributed by atoms with E-state index in [0.29, 0.717) is 29.7 Å². The highest BCUT2D eigenvalue weighted by molar-refractivity contribution is 5.93. The van der Waals surface area contributed by atoms with Gasteiger partial charge in [-0.2, -0.15) is 5.26 Å². The van der Waals surface area contributed by atoms with Gasteiger partial charge >= 0.3 is 5.97 Å². The monoisotopic (exact) mass is 308 g/mol. The van der Waals surface area contributed by atoms with Crippen molar-refractivity contribution in [3.8, 4) is 6.07 Å². The predicted octanol–water partition coefficient (Wildman–Crippen LogP) is 2.92. The Morgan fingerprint density at radius 3 is 2.30 bits per heavy atom. The highest BCUT2D eigenvalue weighted by Crippen LogP contribution is 2.12. The first-order chi connectivity index (χ1) is 11.1. The van der Waals surface area contributed by atoms with Crippen LogP contribution in [-0.4, -0.2) is 19.0 Å². The van der Waals surface area contributed by atoms with Crippen LogP contribution in [0, 0.1) is 11.3 Å². The van der Waals surface area contributed by atoms with Crippen LogP contribution in [0.3, 0.4) is 0 Å². The number of benzene rings is 2. The number of carbonyl (C=O) groups excluding carboxylic acids is 2. The summed E-state index contributed by atoms with van der Waals surface area (Å²) >= 11 is 0. The maximum absolute atomic E-state index is 11.9. The van der Waals surface area contributed by atoms with E-state index in [1.54, 1.807) is 36.4 Å². The average molecular weight is 308 g/mol. The minimum Gasteiger partial charge on any atom is -0.465 e. The van der Waals surface area contributed by atoms with Crippen LogP contribution in [0.5, 0.6) is 0 Å². The zero-order valence-electron chi connectivity index (χ0n) is 12.7. The van der Waals surface area contributed by atoms with Crippen molar-refractivity contribution < 1.29 is 14.3 Å². The number of hydrogen-bond donors (Lipinski definition) is 1. The Balaban J connectivity index is 1.86. The van der Waals surface area contributed by atoms with Crippen molar-refractivity contribution in [1.82, 2.24) is 0 Å². The number of methoxy groups -OCH3 is 1. The molecule has 0 aliphatic heterocycles. The summed E-state index contributed by atoms with van der Waals surface area (Å²) in [5.74, 6) is -0.524. The van der Waals surface area contributed by atoms with Crippen LogP contribution in [0.1, 0.15) is 27.9 Å². The first kappa shape index (κ1) is 16.2. The van der Waals surface area contributed by atoms with Crippen LogP contribution in [0.2, 0.25) is 0 Å². The third kappa shape index (κ3) is 4.68. The SMILES string of the molecule is COC(=O)c1ccc(NC(=O)CCc2ccc(C#N)cc2)cc1. The summed E-state index contributed by atoms with van der Waals surface area (Å²) in [5.41, 5.74) is 2.66. The van der Waals surface area contributed by atoms with Gasteiger partial charge in [-0.1, -0.05) is 12.1 Å². The molecule has 116 valence electrons. The zero-order valence-corrected chi connectivity index (χ0v) is 12.7. The van der Waals surface area contributed by atoms with Gasteiger partial charge in [-0.05, 0) is 48.4 Å². The lowest BCUT2D eigenvalue weighted by Gasteiger charge is -2.06. The molecule has 0 heterocycles. The standard InChI is InChI=1S/C18H16N2O3/c1-23-18(22)15-7-9-16(10-8-15)20-17(21)11-6-13-2-4-14(12-19)5-3-13/h2-5,7-10H,6,11H2,1H3,(H,20,21). The van der Waals surface area contributed by atoms with E-state index >= 15 is 0 Å². The molecular weight excluding hydrogens is 292 g/mol. The third-order valence-corrected chi connectivity index (χ3v) is 3.31. The number of rotatable bonds is 5. The molecule has 0 aliphatic rings. The Hall–Kier alpha value is -3.13. The van der Waals surface area contributed by atoms with Crippen molar-refractivity contribution in [3.05, 3.63) is 65.2 Å². The molecule has 1 amide bonds. The van der Waals surface area contributed by atoms with Gasteiger partial charge in [0.1, 0.15) is 0 Å². The van der Waals surface area contributed by atoms with Gasteiger partial charge in [0.25, 0.3) is 0 Å². The first-order valence-corrected chi connectivity index (χ1v) is 7.09. The quantitative estimate of drug-likeness (QED) is 0.861. The van der Waals surface area contributed by atoms with Gasteiger partial charge < -0.3 is 10.1 Å². The number of amides is 1. The van der Waals surface area contributed by atoms with Crippen molar-refractivity contribution in [3.63, 3.8) is 0 Å². The van der Waals surface area contributed by atoms with Crippen molar-refractivity contribution in [2.24, 2.45) is 0 Å². The molecule has 5 nitrogen and oxygen atoms in total. The van der Waals surface area contributed by atoms with Crippen molar-refractivity contribution in [2.45, 2.75) is 12.8 Å². The van der Waals surface area contributed by atoms with Gasteiger partial charge in [0.2, 0.25) is 5.91 Å². The van der Waals surface area contributed by atoms with Gasteiger partial charge in [-0.15, -0.1) is 0 Å². The lowest BCUT2D eigenvalue weighted by Crippen LogP contribution is -2.12. The number of nitriles is 1. The summed E-state index contributed by atoms with van der Waals surface area (Å²) in [5, 5.41) is 11.5. The highest BCUT2D eigenvalue weighted by atomic mass is 16.5. The molecule has 1 N–H and O–H groups in total. The fraction of sp³-hybridized carbons (Fsp3) is 0.167. The summed E-state index contributed by atoms with van der Waals surface area (Å²) in [6, 6.07) is 15.7. The summed E-state index contributed by atoms with van der Waals surface area (Å²) in [7, 11) is 1.32. The molecule has 2 aromatic carbocycles. The minimum atomic E-state index is -0.413. The molecule has 0 saturated carbocycles. The maximum atomic E-state index is 11.9. The van der Waals surface area contributed by atoms with Gasteiger partial charge in [0, 0.05) is 12.1 Å². The molecule has 0 atom stereocenters. The lowest BCUT2D eigenvalue weighted by atomic mass is 10.1. The molecule has 0 unspecified atom stereocenters. The van der Waals surface area contributed by atoms with Gasteiger partial charge in [-0.3, -0.25) is 4.79 Å². The van der Waals surface area contributed by atoms with E-state index in [-0.39, 0.29) is 5.91 Å². The molecule has 2 aromatic rings. The van der Waals surface area contributed by atoms with E-state index in [4.69, 9.17) is 5.26 Å². The van der Waals surface area contributed by atoms with Crippen LogP contribution in [0.25, 0.3) is 0 Å². The first-order valence-electron chi connectivity index (χ1n) is 7.09. The Bertz CT molecular complexity index is 728. The molecule has 0 saturated heterocycles. The summed E-state index contributed by atoms with van der Waals surface area (Å²) in [4.78, 5) is 23.3. The highest BCUT2D eigenvalue weighted by Gasteiger charge is 2.06. The zero-order chi connectivity index (χ0) is 16.7. The largest absolute Gasteiger partial charge is 0.465 e. The van der Waals surface area contributed by atoms with Crippen LogP contribution in [0.4, 0.5) is 5.69 Å². The number of nitrogens with one attached hydrogen (secondary N) is 1. The molecule has 23 heavy (non-hydrogen) atoms. The van der Waals surface area contributed by atoms with E-state index in [9.17, 15) is 9.59 Å². The van der Waals surface area contributed by atoms with E-state index in [1.165, 1.54) is 7.11 Å². The summed E-state index contributed by atoms with van der Waals surface area (Å²) in [6.45, 7) is 0. The number of nitrogens with zero attached hydrogens (tertiary/aromatic N) is 1. The molecule has 0 aromatic heterocycles. The number of carbonyl (C=O) groups is 2. The normalized spacial score (nSPS) is 9.74. The number of ether oxygens (including phenoxy) is 1. The minimum absolute atomic E-state index is 0.111. The number of esters is 1. The average Bonchev–Trinajstić information content (AvgIpc) is 2.60. The summed E-state index contributed by atoms with van der Waals surface area (Å²) < 4.78 is 4.61. The van der Waals surface area contributed by atoms with E-state index in [0.717, 1.165) is 5.56 Å². The molecule has 0 radical (unpaired) electrons. The van der Waals surface area contributed by atoms with E-state index in [1.807, 2.05) is 12.1 Å². The van der Waals surface area contributed by atoms with Crippen LogP contribution < -0.4 is 5.32 Å². The molecular formula is C18H16N2O3. The van der Waals surface area contributed by atoms with Crippen LogP contribution in [-0.2, 0) is 16.0 Å². The second-order valence-electron chi connectivity index (χ2n) is 4.93. The van der Waals surface area contributed by atoms with Crippen LogP contribution >= 0.6 is 0 Å². The Morgan fingerprint density at radius 2 is 1.74 bits per heavy atom. The number of aryl methyl sites for hydroxylation is 1. The third-order valence-electron chi connectivity index (χ3n) is 3.31. The topological polar surface area (TPSA) is 79.2 Å². The molecule has 2 rings (SSSR count). The molecule has 0 spiro atoms. The van der Waals surface area contributed by atoms with E-state index < -0.39 is 5.97 Å². The Kier molecular flexibility index (Phi) is 5.48. The lowest BCUT2D eigenvalue weighted by molar-refractivity contribution is -0.116. The van der Waals surface area contributed by atoms with Crippen molar-refractivity contribution in [1.29, 1.82) is 5.26 Å². The molecule has 0 bridgehead atoms. The van der Waals surface area contributed by atoms with Gasteiger partial charge in [0.15, 0.2) is 0 Å². The van der Waals surface area contributed by atoms with Gasteiger partial charge in [-0.25, -0.2) is 4.79 Å². The fourth-order valence-corrected chi connectivity index (χ4v) is 2.03.